The standard InChI is InChI=1S/C22H25NO5/c1-14-21(15-3-5-16(24-2)6-4-15)17-11-19-20(27-13-26-19)12-18(17)28-22(14)23-7-9-25-10-8-23/h3-6,11-12,14,21-22H,7-10,13H2,1-2H3/t14-,21+,22-/m0/s1. The van der Waals surface area contributed by atoms with Crippen molar-refractivity contribution in [3.05, 3.63) is 47.5 Å². The van der Waals surface area contributed by atoms with Crippen LogP contribution in [0.2, 0.25) is 0 Å². The number of nitrogens with zero attached hydrogens (tertiary/aromatic N) is 1. The topological polar surface area (TPSA) is 49.4 Å². The normalized spacial score (nSPS) is 26.4. The number of methoxy groups -OCH3 is 1. The summed E-state index contributed by atoms with van der Waals surface area (Å²) in [5, 5.41) is 0. The van der Waals surface area contributed by atoms with E-state index in [4.69, 9.17) is 23.7 Å². The van der Waals surface area contributed by atoms with E-state index in [0.717, 1.165) is 54.9 Å². The molecular formula is C22H25NO5. The first-order valence-corrected chi connectivity index (χ1v) is 9.80. The first-order valence-electron chi connectivity index (χ1n) is 9.80. The van der Waals surface area contributed by atoms with Gasteiger partial charge in [0.25, 0.3) is 0 Å². The number of rotatable bonds is 3. The predicted octanol–water partition coefficient (Wildman–Crippen LogP) is 3.24. The molecule has 28 heavy (non-hydrogen) atoms. The lowest BCUT2D eigenvalue weighted by Gasteiger charge is -2.44. The van der Waals surface area contributed by atoms with Crippen LogP contribution in [0.3, 0.4) is 0 Å². The maximum atomic E-state index is 6.52. The van der Waals surface area contributed by atoms with E-state index in [1.54, 1.807) is 7.11 Å². The van der Waals surface area contributed by atoms with Crippen molar-refractivity contribution in [2.45, 2.75) is 19.1 Å². The summed E-state index contributed by atoms with van der Waals surface area (Å²) in [7, 11) is 1.69. The molecule has 6 nitrogen and oxygen atoms in total. The van der Waals surface area contributed by atoms with E-state index in [1.807, 2.05) is 18.2 Å². The maximum Gasteiger partial charge on any atom is 0.231 e. The molecule has 0 spiro atoms. The van der Waals surface area contributed by atoms with Crippen LogP contribution in [0.25, 0.3) is 0 Å². The van der Waals surface area contributed by atoms with Crippen molar-refractivity contribution in [2.75, 3.05) is 40.2 Å². The highest BCUT2D eigenvalue weighted by Gasteiger charge is 2.41. The van der Waals surface area contributed by atoms with Crippen LogP contribution in [0.1, 0.15) is 24.0 Å². The summed E-state index contributed by atoms with van der Waals surface area (Å²) in [5.74, 6) is 3.73. The van der Waals surface area contributed by atoms with E-state index in [9.17, 15) is 0 Å². The minimum Gasteiger partial charge on any atom is -0.497 e. The number of hydrogen-bond donors (Lipinski definition) is 0. The van der Waals surface area contributed by atoms with Crippen molar-refractivity contribution >= 4 is 0 Å². The zero-order valence-electron chi connectivity index (χ0n) is 16.2. The third kappa shape index (κ3) is 2.97. The second kappa shape index (κ2) is 7.18. The van der Waals surface area contributed by atoms with Gasteiger partial charge in [0.2, 0.25) is 6.79 Å². The number of benzene rings is 2. The summed E-state index contributed by atoms with van der Waals surface area (Å²) >= 11 is 0. The summed E-state index contributed by atoms with van der Waals surface area (Å²) in [4.78, 5) is 2.39. The van der Waals surface area contributed by atoms with Crippen molar-refractivity contribution in [1.82, 2.24) is 4.90 Å². The minimum absolute atomic E-state index is 0.0103. The Bertz CT molecular complexity index is 847. The molecule has 0 aliphatic carbocycles. The van der Waals surface area contributed by atoms with Gasteiger partial charge in [-0.3, -0.25) is 4.90 Å². The van der Waals surface area contributed by atoms with Gasteiger partial charge in [-0.1, -0.05) is 19.1 Å². The maximum absolute atomic E-state index is 6.52. The van der Waals surface area contributed by atoms with E-state index in [2.05, 4.69) is 30.0 Å². The van der Waals surface area contributed by atoms with Crippen LogP contribution in [0, 0.1) is 5.92 Å². The molecule has 0 aromatic heterocycles. The van der Waals surface area contributed by atoms with Gasteiger partial charge in [-0.25, -0.2) is 0 Å². The molecular weight excluding hydrogens is 358 g/mol. The molecule has 6 heteroatoms. The summed E-state index contributed by atoms with van der Waals surface area (Å²) < 4.78 is 28.6. The Labute approximate surface area is 164 Å². The predicted molar refractivity (Wildman–Crippen MR) is 103 cm³/mol. The van der Waals surface area contributed by atoms with Gasteiger partial charge in [-0.2, -0.15) is 0 Å². The molecule has 2 aromatic rings. The lowest BCUT2D eigenvalue weighted by Crippen LogP contribution is -2.52. The fourth-order valence-electron chi connectivity index (χ4n) is 4.50. The molecule has 0 unspecified atom stereocenters. The molecule has 0 N–H and O–H groups in total. The first-order chi connectivity index (χ1) is 13.7. The number of morpholine rings is 1. The molecule has 1 fully saturated rings. The smallest absolute Gasteiger partial charge is 0.231 e. The minimum atomic E-state index is -0.0103. The Kier molecular flexibility index (Phi) is 4.53. The van der Waals surface area contributed by atoms with Crippen LogP contribution < -0.4 is 18.9 Å². The van der Waals surface area contributed by atoms with E-state index >= 15 is 0 Å². The van der Waals surface area contributed by atoms with Gasteiger partial charge < -0.3 is 23.7 Å². The first kappa shape index (κ1) is 17.6. The molecule has 0 radical (unpaired) electrons. The molecule has 3 aliphatic heterocycles. The zero-order valence-corrected chi connectivity index (χ0v) is 16.2. The lowest BCUT2D eigenvalue weighted by molar-refractivity contribution is -0.0784. The number of fused-ring (bicyclic) bond motifs is 2. The number of ether oxygens (including phenoxy) is 5. The molecule has 0 saturated carbocycles. The van der Waals surface area contributed by atoms with Crippen molar-refractivity contribution in [3.63, 3.8) is 0 Å². The van der Waals surface area contributed by atoms with Crippen molar-refractivity contribution in [2.24, 2.45) is 5.92 Å². The van der Waals surface area contributed by atoms with Crippen molar-refractivity contribution in [3.8, 4) is 23.0 Å². The quantitative estimate of drug-likeness (QED) is 0.811. The van der Waals surface area contributed by atoms with Gasteiger partial charge in [-0.05, 0) is 23.8 Å². The fraction of sp³-hybridized carbons (Fsp3) is 0.455. The summed E-state index contributed by atoms with van der Waals surface area (Å²) in [6.07, 6.45) is -0.0103. The molecule has 3 aliphatic rings. The van der Waals surface area contributed by atoms with Crippen LogP contribution >= 0.6 is 0 Å². The Balaban J connectivity index is 1.58. The zero-order chi connectivity index (χ0) is 19.1. The van der Waals surface area contributed by atoms with Crippen molar-refractivity contribution < 1.29 is 23.7 Å². The van der Waals surface area contributed by atoms with Crippen LogP contribution in [0.15, 0.2) is 36.4 Å². The third-order valence-electron chi connectivity index (χ3n) is 5.94. The SMILES string of the molecule is COc1ccc([C@@H]2c3cc4c(cc3O[C@H](N3CCOCC3)[C@H]2C)OCO4)cc1. The Hall–Kier alpha value is -2.44. The third-order valence-corrected chi connectivity index (χ3v) is 5.94. The largest absolute Gasteiger partial charge is 0.497 e. The highest BCUT2D eigenvalue weighted by molar-refractivity contribution is 5.56. The van der Waals surface area contributed by atoms with Crippen LogP contribution in [0.4, 0.5) is 0 Å². The van der Waals surface area contributed by atoms with Crippen LogP contribution in [0.5, 0.6) is 23.0 Å². The molecule has 3 atom stereocenters. The lowest BCUT2D eigenvalue weighted by atomic mass is 9.78. The Morgan fingerprint density at radius 2 is 1.68 bits per heavy atom. The van der Waals surface area contributed by atoms with Crippen LogP contribution in [-0.4, -0.2) is 51.3 Å². The Morgan fingerprint density at radius 1 is 0.964 bits per heavy atom. The second-order valence-corrected chi connectivity index (χ2v) is 7.51. The molecule has 1 saturated heterocycles. The number of hydrogen-bond acceptors (Lipinski definition) is 6. The average molecular weight is 383 g/mol. The van der Waals surface area contributed by atoms with Gasteiger partial charge in [0.1, 0.15) is 11.5 Å². The van der Waals surface area contributed by atoms with Gasteiger partial charge in [-0.15, -0.1) is 0 Å². The highest BCUT2D eigenvalue weighted by atomic mass is 16.7. The molecule has 5 rings (SSSR count). The molecule has 2 aromatic carbocycles. The molecule has 148 valence electrons. The van der Waals surface area contributed by atoms with E-state index in [0.29, 0.717) is 0 Å². The Morgan fingerprint density at radius 3 is 2.39 bits per heavy atom. The molecule has 0 amide bonds. The second-order valence-electron chi connectivity index (χ2n) is 7.51. The fourth-order valence-corrected chi connectivity index (χ4v) is 4.50. The molecule has 3 heterocycles. The van der Waals surface area contributed by atoms with Gasteiger partial charge in [0.05, 0.1) is 20.3 Å². The van der Waals surface area contributed by atoms with Crippen molar-refractivity contribution in [1.29, 1.82) is 0 Å². The monoisotopic (exact) mass is 383 g/mol. The van der Waals surface area contributed by atoms with Gasteiger partial charge in [0.15, 0.2) is 17.7 Å². The molecule has 0 bridgehead atoms. The average Bonchev–Trinajstić information content (AvgIpc) is 3.20. The summed E-state index contributed by atoms with van der Waals surface area (Å²) in [6.45, 7) is 5.77. The summed E-state index contributed by atoms with van der Waals surface area (Å²) in [6, 6.07) is 12.4. The van der Waals surface area contributed by atoms with E-state index in [1.165, 1.54) is 5.56 Å². The van der Waals surface area contributed by atoms with E-state index in [-0.39, 0.29) is 24.9 Å². The van der Waals surface area contributed by atoms with Gasteiger partial charge >= 0.3 is 0 Å². The van der Waals surface area contributed by atoms with E-state index < -0.39 is 0 Å². The highest BCUT2D eigenvalue weighted by Crippen LogP contribution is 2.49. The van der Waals surface area contributed by atoms with Crippen LogP contribution in [-0.2, 0) is 4.74 Å². The van der Waals surface area contributed by atoms with Gasteiger partial charge in [0, 0.05) is 36.6 Å². The summed E-state index contributed by atoms with van der Waals surface area (Å²) in [5.41, 5.74) is 2.39.